The van der Waals surface area contributed by atoms with E-state index >= 15 is 0 Å². The van der Waals surface area contributed by atoms with E-state index in [9.17, 15) is 4.79 Å². The number of carbonyl (C=O) groups excluding carboxylic acids is 1. The number of ether oxygens (including phenoxy) is 1. The van der Waals surface area contributed by atoms with E-state index in [2.05, 4.69) is 25.2 Å². The molecule has 1 aliphatic rings. The van der Waals surface area contributed by atoms with E-state index in [0.29, 0.717) is 16.9 Å². The molecule has 1 atom stereocenters. The first kappa shape index (κ1) is 16.8. The van der Waals surface area contributed by atoms with Crippen molar-refractivity contribution in [1.82, 2.24) is 19.9 Å². The summed E-state index contributed by atoms with van der Waals surface area (Å²) in [7, 11) is 1.63. The molecule has 1 N–H and O–H groups in total. The summed E-state index contributed by atoms with van der Waals surface area (Å²) in [5, 5.41) is 3.39. The largest absolute Gasteiger partial charge is 0.480 e. The summed E-state index contributed by atoms with van der Waals surface area (Å²) in [5.74, 6) is 1.09. The number of anilines is 1. The van der Waals surface area contributed by atoms with Crippen LogP contribution in [0, 0.1) is 5.92 Å². The molecule has 3 rings (SSSR count). The first-order chi connectivity index (χ1) is 11.6. The molecular formula is C16H21N5O2S. The Hall–Kier alpha value is -2.06. The number of methoxy groups -OCH3 is 1. The van der Waals surface area contributed by atoms with Crippen LogP contribution < -0.4 is 10.1 Å². The molecule has 1 unspecified atom stereocenters. The van der Waals surface area contributed by atoms with Gasteiger partial charge in [-0.25, -0.2) is 9.97 Å². The Labute approximate surface area is 145 Å². The van der Waals surface area contributed by atoms with Gasteiger partial charge in [0.15, 0.2) is 5.13 Å². The maximum atomic E-state index is 11.1. The van der Waals surface area contributed by atoms with E-state index in [-0.39, 0.29) is 5.91 Å². The molecule has 1 amide bonds. The number of aromatic nitrogens is 3. The Morgan fingerprint density at radius 3 is 3.04 bits per heavy atom. The van der Waals surface area contributed by atoms with Crippen molar-refractivity contribution in [3.05, 3.63) is 29.2 Å². The van der Waals surface area contributed by atoms with Crippen molar-refractivity contribution >= 4 is 22.4 Å². The Morgan fingerprint density at radius 2 is 2.25 bits per heavy atom. The Kier molecular flexibility index (Phi) is 5.37. The first-order valence-corrected chi connectivity index (χ1v) is 8.74. The van der Waals surface area contributed by atoms with E-state index in [1.165, 1.54) is 18.3 Å². The summed E-state index contributed by atoms with van der Waals surface area (Å²) in [5.41, 5.74) is 0.928. The lowest BCUT2D eigenvalue weighted by Crippen LogP contribution is -2.20. The van der Waals surface area contributed by atoms with Gasteiger partial charge < -0.3 is 10.1 Å². The molecule has 1 saturated heterocycles. The fourth-order valence-corrected chi connectivity index (χ4v) is 3.87. The van der Waals surface area contributed by atoms with Gasteiger partial charge in [-0.1, -0.05) is 0 Å². The van der Waals surface area contributed by atoms with E-state index in [0.717, 1.165) is 43.0 Å². The highest BCUT2D eigenvalue weighted by molar-refractivity contribution is 7.15. The molecular weight excluding hydrogens is 326 g/mol. The van der Waals surface area contributed by atoms with Gasteiger partial charge in [0, 0.05) is 43.5 Å². The highest BCUT2D eigenvalue weighted by Crippen LogP contribution is 2.26. The summed E-state index contributed by atoms with van der Waals surface area (Å²) >= 11 is 1.53. The second kappa shape index (κ2) is 7.67. The zero-order valence-electron chi connectivity index (χ0n) is 13.9. The van der Waals surface area contributed by atoms with Crippen LogP contribution >= 0.6 is 11.3 Å². The molecule has 1 fully saturated rings. The highest BCUT2D eigenvalue weighted by Gasteiger charge is 2.25. The molecule has 2 aromatic rings. The summed E-state index contributed by atoms with van der Waals surface area (Å²) < 4.78 is 5.28. The average molecular weight is 347 g/mol. The molecule has 0 radical (unpaired) electrons. The molecule has 2 aromatic heterocycles. The Bertz CT molecular complexity index is 705. The van der Waals surface area contributed by atoms with Crippen LogP contribution in [0.1, 0.15) is 23.9 Å². The van der Waals surface area contributed by atoms with Crippen molar-refractivity contribution in [2.24, 2.45) is 5.92 Å². The van der Waals surface area contributed by atoms with Crippen LogP contribution in [-0.2, 0) is 17.8 Å². The zero-order chi connectivity index (χ0) is 16.9. The lowest BCUT2D eigenvalue weighted by Gasteiger charge is -2.15. The maximum absolute atomic E-state index is 11.1. The molecule has 3 heterocycles. The number of hydrogen-bond acceptors (Lipinski definition) is 7. The minimum atomic E-state index is -0.0879. The number of likely N-dealkylation sites (tertiary alicyclic amines) is 1. The molecule has 128 valence electrons. The molecule has 24 heavy (non-hydrogen) atoms. The van der Waals surface area contributed by atoms with Gasteiger partial charge in [0.2, 0.25) is 11.8 Å². The molecule has 0 aliphatic carbocycles. The Balaban J connectivity index is 1.54. The van der Waals surface area contributed by atoms with Crippen LogP contribution in [0.4, 0.5) is 5.13 Å². The van der Waals surface area contributed by atoms with Crippen LogP contribution in [-0.4, -0.2) is 46.0 Å². The fourth-order valence-electron chi connectivity index (χ4n) is 2.97. The van der Waals surface area contributed by atoms with Crippen molar-refractivity contribution in [3.8, 4) is 5.88 Å². The fraction of sp³-hybridized carbons (Fsp3) is 0.500. The SMILES string of the molecule is COc1nccnc1CC1CCN(Cc2cnc(NC(C)=O)s2)C1. The maximum Gasteiger partial charge on any atom is 0.235 e. The van der Waals surface area contributed by atoms with Crippen molar-refractivity contribution in [2.45, 2.75) is 26.3 Å². The van der Waals surface area contributed by atoms with E-state index in [1.54, 1.807) is 19.5 Å². The number of carbonyl (C=O) groups is 1. The predicted octanol–water partition coefficient (Wildman–Crippen LogP) is 1.96. The second-order valence-corrected chi connectivity index (χ2v) is 7.03. The van der Waals surface area contributed by atoms with Gasteiger partial charge in [-0.15, -0.1) is 11.3 Å². The molecule has 7 nitrogen and oxygen atoms in total. The molecule has 0 bridgehead atoms. The third-order valence-corrected chi connectivity index (χ3v) is 4.89. The van der Waals surface area contributed by atoms with Gasteiger partial charge in [-0.2, -0.15) is 0 Å². The van der Waals surface area contributed by atoms with E-state index in [4.69, 9.17) is 4.74 Å². The van der Waals surface area contributed by atoms with Crippen molar-refractivity contribution in [2.75, 3.05) is 25.5 Å². The van der Waals surface area contributed by atoms with Crippen LogP contribution in [0.25, 0.3) is 0 Å². The van der Waals surface area contributed by atoms with E-state index < -0.39 is 0 Å². The molecule has 1 aliphatic heterocycles. The molecule has 8 heteroatoms. The molecule has 0 saturated carbocycles. The number of nitrogens with one attached hydrogen (secondary N) is 1. The zero-order valence-corrected chi connectivity index (χ0v) is 14.7. The number of nitrogens with zero attached hydrogens (tertiary/aromatic N) is 4. The van der Waals surface area contributed by atoms with Gasteiger partial charge in [-0.3, -0.25) is 14.7 Å². The van der Waals surface area contributed by atoms with Crippen LogP contribution in [0.2, 0.25) is 0 Å². The topological polar surface area (TPSA) is 80.2 Å². The van der Waals surface area contributed by atoms with Gasteiger partial charge in [0.05, 0.1) is 7.11 Å². The van der Waals surface area contributed by atoms with Gasteiger partial charge in [0.25, 0.3) is 0 Å². The number of hydrogen-bond donors (Lipinski definition) is 1. The van der Waals surface area contributed by atoms with Crippen LogP contribution in [0.5, 0.6) is 5.88 Å². The summed E-state index contributed by atoms with van der Waals surface area (Å²) in [6.45, 7) is 4.44. The van der Waals surface area contributed by atoms with Gasteiger partial charge >= 0.3 is 0 Å². The monoisotopic (exact) mass is 347 g/mol. The smallest absolute Gasteiger partial charge is 0.235 e. The predicted molar refractivity (Wildman–Crippen MR) is 92.1 cm³/mol. The standard InChI is InChI=1S/C16H21N5O2S/c1-11(22)20-16-19-8-13(24-16)10-21-6-3-12(9-21)7-14-15(23-2)18-5-4-17-14/h4-5,8,12H,3,6-7,9-10H2,1-2H3,(H,19,20,22). The number of amides is 1. The third-order valence-electron chi connectivity index (χ3n) is 4.00. The molecule has 0 spiro atoms. The minimum absolute atomic E-state index is 0.0879. The normalized spacial score (nSPS) is 17.8. The summed E-state index contributed by atoms with van der Waals surface area (Å²) in [4.78, 5) is 27.5. The first-order valence-electron chi connectivity index (χ1n) is 7.92. The van der Waals surface area contributed by atoms with E-state index in [1.807, 2.05) is 6.20 Å². The van der Waals surface area contributed by atoms with Gasteiger partial charge in [-0.05, 0) is 25.3 Å². The number of rotatable bonds is 6. The third kappa shape index (κ3) is 4.27. The quantitative estimate of drug-likeness (QED) is 0.860. The van der Waals surface area contributed by atoms with Crippen LogP contribution in [0.3, 0.4) is 0 Å². The summed E-state index contributed by atoms with van der Waals surface area (Å²) in [6.07, 6.45) is 7.23. The van der Waals surface area contributed by atoms with Crippen molar-refractivity contribution < 1.29 is 9.53 Å². The Morgan fingerprint density at radius 1 is 1.42 bits per heavy atom. The minimum Gasteiger partial charge on any atom is -0.480 e. The molecule has 0 aromatic carbocycles. The lowest BCUT2D eigenvalue weighted by molar-refractivity contribution is -0.114. The van der Waals surface area contributed by atoms with Crippen LogP contribution in [0.15, 0.2) is 18.6 Å². The van der Waals surface area contributed by atoms with Crippen molar-refractivity contribution in [1.29, 1.82) is 0 Å². The highest BCUT2D eigenvalue weighted by atomic mass is 32.1. The lowest BCUT2D eigenvalue weighted by atomic mass is 10.0. The number of thiazole rings is 1. The average Bonchev–Trinajstić information content (AvgIpc) is 3.17. The summed E-state index contributed by atoms with van der Waals surface area (Å²) in [6, 6.07) is 0. The van der Waals surface area contributed by atoms with Gasteiger partial charge in [0.1, 0.15) is 5.69 Å². The second-order valence-electron chi connectivity index (χ2n) is 5.92. The van der Waals surface area contributed by atoms with Crippen molar-refractivity contribution in [3.63, 3.8) is 0 Å².